The number of hydrogen-bond acceptors (Lipinski definition) is 5. The Morgan fingerprint density at radius 3 is 2.24 bits per heavy atom. The predicted octanol–water partition coefficient (Wildman–Crippen LogP) is 2.84. The molecular weight excluding hydrogens is 392 g/mol. The number of esters is 1. The first-order valence-corrected chi connectivity index (χ1v) is 10.6. The molecule has 0 aromatic heterocycles. The number of nitrogens with zero attached hydrogens (tertiary/aromatic N) is 2. The van der Waals surface area contributed by atoms with Gasteiger partial charge in [-0.3, -0.25) is 4.79 Å². The van der Waals surface area contributed by atoms with Crippen LogP contribution >= 0.6 is 0 Å². The van der Waals surface area contributed by atoms with E-state index in [1.807, 2.05) is 25.1 Å². The summed E-state index contributed by atoms with van der Waals surface area (Å²) in [5.74, 6) is -1.11. The van der Waals surface area contributed by atoms with Gasteiger partial charge in [-0.05, 0) is 50.6 Å². The number of hydrogen-bond donors (Lipinski definition) is 0. The third-order valence-electron chi connectivity index (χ3n) is 4.49. The Bertz CT molecular complexity index is 987. The number of benzene rings is 2. The molecule has 7 nitrogen and oxygen atoms in total. The molecule has 0 spiro atoms. The van der Waals surface area contributed by atoms with E-state index in [-0.39, 0.29) is 16.4 Å². The minimum absolute atomic E-state index is 0.0153. The van der Waals surface area contributed by atoms with E-state index in [4.69, 9.17) is 4.74 Å². The number of aryl methyl sites for hydroxylation is 1. The van der Waals surface area contributed by atoms with Gasteiger partial charge in [0.15, 0.2) is 6.10 Å². The van der Waals surface area contributed by atoms with Crippen LogP contribution in [0.2, 0.25) is 0 Å². The van der Waals surface area contributed by atoms with Gasteiger partial charge in [-0.25, -0.2) is 17.5 Å². The van der Waals surface area contributed by atoms with Crippen molar-refractivity contribution in [2.75, 3.05) is 25.5 Å². The number of amides is 1. The number of likely N-dealkylation sites (N-methyl/N-ethyl adjacent to an activating group) is 1. The van der Waals surface area contributed by atoms with Crippen molar-refractivity contribution < 1.29 is 22.7 Å². The first-order chi connectivity index (χ1) is 13.6. The lowest BCUT2D eigenvalue weighted by Gasteiger charge is -2.24. The topological polar surface area (TPSA) is 84.0 Å². The van der Waals surface area contributed by atoms with E-state index >= 15 is 0 Å². The highest BCUT2D eigenvalue weighted by molar-refractivity contribution is 7.89. The second-order valence-electron chi connectivity index (χ2n) is 6.73. The van der Waals surface area contributed by atoms with Crippen LogP contribution in [0.1, 0.15) is 29.8 Å². The van der Waals surface area contributed by atoms with Crippen LogP contribution in [0.25, 0.3) is 0 Å². The van der Waals surface area contributed by atoms with Crippen LogP contribution in [0.3, 0.4) is 0 Å². The second kappa shape index (κ2) is 9.19. The lowest BCUT2D eigenvalue weighted by atomic mass is 10.1. The maximum atomic E-state index is 12.8. The molecule has 0 N–H and O–H groups in total. The summed E-state index contributed by atoms with van der Waals surface area (Å²) >= 11 is 0. The predicted molar refractivity (Wildman–Crippen MR) is 111 cm³/mol. The molecular formula is C21H26N2O5S. The first kappa shape index (κ1) is 22.6. The van der Waals surface area contributed by atoms with Crippen LogP contribution in [0.4, 0.5) is 5.69 Å². The van der Waals surface area contributed by atoms with Crippen LogP contribution in [-0.2, 0) is 19.6 Å². The first-order valence-electron chi connectivity index (χ1n) is 9.20. The monoisotopic (exact) mass is 418 g/mol. The third kappa shape index (κ3) is 5.02. The van der Waals surface area contributed by atoms with Crippen LogP contribution in [0.15, 0.2) is 53.4 Å². The fraction of sp³-hybridized carbons (Fsp3) is 0.333. The number of ether oxygens (including phenoxy) is 1. The average molecular weight is 419 g/mol. The zero-order valence-corrected chi connectivity index (χ0v) is 18.1. The van der Waals surface area contributed by atoms with E-state index in [0.29, 0.717) is 17.8 Å². The molecule has 8 heteroatoms. The van der Waals surface area contributed by atoms with Crippen LogP contribution < -0.4 is 4.90 Å². The molecule has 0 aliphatic heterocycles. The molecule has 0 radical (unpaired) electrons. The van der Waals surface area contributed by atoms with E-state index in [1.165, 1.54) is 38.1 Å². The molecule has 0 aliphatic carbocycles. The molecule has 0 saturated carbocycles. The minimum atomic E-state index is -3.70. The smallest absolute Gasteiger partial charge is 0.339 e. The second-order valence-corrected chi connectivity index (χ2v) is 8.88. The van der Waals surface area contributed by atoms with Crippen molar-refractivity contribution in [1.29, 1.82) is 0 Å². The minimum Gasteiger partial charge on any atom is -0.449 e. The quantitative estimate of drug-likeness (QED) is 0.646. The summed E-state index contributed by atoms with van der Waals surface area (Å²) in [5.41, 5.74) is 1.37. The van der Waals surface area contributed by atoms with Crippen molar-refractivity contribution in [3.63, 3.8) is 0 Å². The molecule has 2 aromatic rings. The van der Waals surface area contributed by atoms with Crippen molar-refractivity contribution in [3.8, 4) is 0 Å². The Labute approximate surface area is 171 Å². The molecule has 29 heavy (non-hydrogen) atoms. The number of carbonyl (C=O) groups excluding carboxylic acids is 2. The Kier molecular flexibility index (Phi) is 7.16. The highest BCUT2D eigenvalue weighted by atomic mass is 32.2. The van der Waals surface area contributed by atoms with E-state index in [0.717, 1.165) is 4.31 Å². The van der Waals surface area contributed by atoms with Gasteiger partial charge in [0.05, 0.1) is 10.5 Å². The normalized spacial score (nSPS) is 12.5. The van der Waals surface area contributed by atoms with Gasteiger partial charge in [0.2, 0.25) is 10.0 Å². The zero-order valence-electron chi connectivity index (χ0n) is 17.2. The lowest BCUT2D eigenvalue weighted by molar-refractivity contribution is -0.126. The van der Waals surface area contributed by atoms with Gasteiger partial charge in [0, 0.05) is 26.3 Å². The van der Waals surface area contributed by atoms with Crippen molar-refractivity contribution in [3.05, 3.63) is 59.7 Å². The largest absolute Gasteiger partial charge is 0.449 e. The van der Waals surface area contributed by atoms with E-state index in [2.05, 4.69) is 0 Å². The molecule has 2 aromatic carbocycles. The van der Waals surface area contributed by atoms with Gasteiger partial charge in [-0.2, -0.15) is 0 Å². The van der Waals surface area contributed by atoms with Crippen molar-refractivity contribution in [2.45, 2.75) is 31.8 Å². The fourth-order valence-corrected chi connectivity index (χ4v) is 3.69. The number of anilines is 1. The standard InChI is InChI=1S/C21H26N2O5S/c1-6-23(17-10-8-7-9-11-17)20(24)16(3)28-21(25)19-14-18(13-12-15(19)2)29(26,27)22(4)5/h7-14,16H,6H2,1-5H3/t16-/m0/s1. The summed E-state index contributed by atoms with van der Waals surface area (Å²) in [7, 11) is -0.870. The molecule has 0 saturated heterocycles. The van der Waals surface area contributed by atoms with Crippen LogP contribution in [0.5, 0.6) is 0 Å². The third-order valence-corrected chi connectivity index (χ3v) is 6.30. The highest BCUT2D eigenvalue weighted by Gasteiger charge is 2.26. The highest BCUT2D eigenvalue weighted by Crippen LogP contribution is 2.20. The Balaban J connectivity index is 2.24. The van der Waals surface area contributed by atoms with Crippen molar-refractivity contribution in [1.82, 2.24) is 4.31 Å². The molecule has 1 atom stereocenters. The van der Waals surface area contributed by atoms with Gasteiger partial charge in [-0.15, -0.1) is 0 Å². The van der Waals surface area contributed by atoms with E-state index < -0.39 is 22.1 Å². The summed E-state index contributed by atoms with van der Waals surface area (Å²) < 4.78 is 31.1. The number of rotatable bonds is 7. The number of para-hydroxylation sites is 1. The van der Waals surface area contributed by atoms with Gasteiger partial charge in [-0.1, -0.05) is 24.3 Å². The molecule has 0 aliphatic rings. The molecule has 0 fully saturated rings. The van der Waals surface area contributed by atoms with Gasteiger partial charge < -0.3 is 9.64 Å². The van der Waals surface area contributed by atoms with E-state index in [1.54, 1.807) is 25.1 Å². The van der Waals surface area contributed by atoms with Crippen molar-refractivity contribution >= 4 is 27.6 Å². The summed E-state index contributed by atoms with van der Waals surface area (Å²) in [6.45, 7) is 5.43. The van der Waals surface area contributed by atoms with Crippen LogP contribution in [0, 0.1) is 6.92 Å². The summed E-state index contributed by atoms with van der Waals surface area (Å²) in [6.07, 6.45) is -1.03. The Morgan fingerprint density at radius 2 is 1.69 bits per heavy atom. The van der Waals surface area contributed by atoms with Gasteiger partial charge in [0.25, 0.3) is 5.91 Å². The van der Waals surface area contributed by atoms with Gasteiger partial charge >= 0.3 is 5.97 Å². The number of sulfonamides is 1. The molecule has 0 heterocycles. The van der Waals surface area contributed by atoms with Crippen LogP contribution in [-0.4, -0.2) is 51.3 Å². The molecule has 0 bridgehead atoms. The van der Waals surface area contributed by atoms with E-state index in [9.17, 15) is 18.0 Å². The average Bonchev–Trinajstić information content (AvgIpc) is 2.69. The maximum Gasteiger partial charge on any atom is 0.339 e. The fourth-order valence-electron chi connectivity index (χ4n) is 2.76. The lowest BCUT2D eigenvalue weighted by Crippen LogP contribution is -2.40. The molecule has 1 amide bonds. The van der Waals surface area contributed by atoms with Crippen molar-refractivity contribution in [2.24, 2.45) is 0 Å². The zero-order chi connectivity index (χ0) is 21.8. The summed E-state index contributed by atoms with van der Waals surface area (Å²) in [6, 6.07) is 13.4. The van der Waals surface area contributed by atoms with Gasteiger partial charge in [0.1, 0.15) is 0 Å². The molecule has 2 rings (SSSR count). The number of carbonyl (C=O) groups is 2. The molecule has 0 unspecified atom stereocenters. The molecule has 156 valence electrons. The summed E-state index contributed by atoms with van der Waals surface area (Å²) in [5, 5.41) is 0. The SMILES string of the molecule is CCN(C(=O)[C@H](C)OC(=O)c1cc(S(=O)(=O)N(C)C)ccc1C)c1ccccc1. The summed E-state index contributed by atoms with van der Waals surface area (Å²) in [4.78, 5) is 27.0. The Hall–Kier alpha value is -2.71. The maximum absolute atomic E-state index is 12.8. The Morgan fingerprint density at radius 1 is 1.07 bits per heavy atom.